The molecule has 0 N–H and O–H groups in total. The van der Waals surface area contributed by atoms with Gasteiger partial charge in [-0.05, 0) is 76.1 Å². The van der Waals surface area contributed by atoms with Crippen LogP contribution in [0.4, 0.5) is 0 Å². The van der Waals surface area contributed by atoms with Gasteiger partial charge in [0.15, 0.2) is 17.2 Å². The molecule has 13 rings (SSSR count). The highest BCUT2D eigenvalue weighted by Gasteiger charge is 2.24. The highest BCUT2D eigenvalue weighted by molar-refractivity contribution is 6.23. The fourth-order valence-corrected chi connectivity index (χ4v) is 9.25. The van der Waals surface area contributed by atoms with Crippen molar-refractivity contribution in [3.05, 3.63) is 194 Å². The van der Waals surface area contributed by atoms with Gasteiger partial charge in [-0.15, -0.1) is 0 Å². The van der Waals surface area contributed by atoms with Gasteiger partial charge in [-0.1, -0.05) is 140 Å². The predicted molar refractivity (Wildman–Crippen MR) is 247 cm³/mol. The van der Waals surface area contributed by atoms with Crippen molar-refractivity contribution in [2.75, 3.05) is 0 Å². The summed E-state index contributed by atoms with van der Waals surface area (Å²) in [5.74, 6) is 2.08. The Hall–Kier alpha value is -8.42. The van der Waals surface area contributed by atoms with Crippen LogP contribution < -0.4 is 0 Å². The maximum Gasteiger partial charge on any atom is 0.238 e. The van der Waals surface area contributed by atoms with Crippen molar-refractivity contribution in [1.29, 1.82) is 0 Å². The smallest absolute Gasteiger partial charge is 0.238 e. The fourth-order valence-electron chi connectivity index (χ4n) is 9.25. The minimum absolute atomic E-state index is 0.488. The molecule has 0 aliphatic carbocycles. The Morgan fingerprint density at radius 2 is 0.984 bits per heavy atom. The third-order valence-corrected chi connectivity index (χ3v) is 12.0. The summed E-state index contributed by atoms with van der Waals surface area (Å²) in [4.78, 5) is 21.0. The van der Waals surface area contributed by atoms with E-state index in [9.17, 15) is 0 Å². The van der Waals surface area contributed by atoms with Gasteiger partial charge >= 0.3 is 0 Å². The van der Waals surface area contributed by atoms with Gasteiger partial charge in [0.1, 0.15) is 5.52 Å². The number of oxazole rings is 1. The molecule has 0 bridgehead atoms. The van der Waals surface area contributed by atoms with Crippen molar-refractivity contribution >= 4 is 76.3 Å². The largest absolute Gasteiger partial charge is 0.435 e. The van der Waals surface area contributed by atoms with E-state index in [1.807, 2.05) is 48.5 Å². The first-order chi connectivity index (χ1) is 30.2. The van der Waals surface area contributed by atoms with Crippen molar-refractivity contribution < 1.29 is 4.42 Å². The summed E-state index contributed by atoms with van der Waals surface area (Å²) in [6.45, 7) is 0. The van der Waals surface area contributed by atoms with Crippen LogP contribution in [0.3, 0.4) is 0 Å². The molecule has 0 spiro atoms. The number of rotatable bonds is 5. The molecule has 7 nitrogen and oxygen atoms in total. The summed E-state index contributed by atoms with van der Waals surface area (Å²) in [7, 11) is 0. The molecule has 0 aliphatic heterocycles. The van der Waals surface area contributed by atoms with Crippen LogP contribution in [0.15, 0.2) is 199 Å². The number of fused-ring (bicyclic) bond motifs is 11. The third kappa shape index (κ3) is 5.11. The molecule has 0 radical (unpaired) electrons. The second kappa shape index (κ2) is 13.0. The third-order valence-electron chi connectivity index (χ3n) is 12.0. The molecule has 61 heavy (non-hydrogen) atoms. The van der Waals surface area contributed by atoms with Gasteiger partial charge < -0.3 is 8.98 Å². The highest BCUT2D eigenvalue weighted by Crippen LogP contribution is 2.42. The lowest BCUT2D eigenvalue weighted by atomic mass is 10.00. The Balaban J connectivity index is 1.14. The Bertz CT molecular complexity index is 3880. The SMILES string of the molecule is c1ccc(-c2nc3cccc(-c4nc(-c5ccc6c(ccc7ccccc76)c5)nc(-n5c6ccccc6c6ccc7c8ccccc8n(-c8ccccc8)c7c65)n4)c3o2)cc1. The summed E-state index contributed by atoms with van der Waals surface area (Å²) in [6.07, 6.45) is 0. The van der Waals surface area contributed by atoms with Crippen LogP contribution in [0.5, 0.6) is 0 Å². The predicted octanol–water partition coefficient (Wildman–Crippen LogP) is 13.5. The molecule has 284 valence electrons. The van der Waals surface area contributed by atoms with Gasteiger partial charge in [-0.2, -0.15) is 9.97 Å². The number of hydrogen-bond donors (Lipinski definition) is 0. The van der Waals surface area contributed by atoms with Crippen LogP contribution in [0.25, 0.3) is 122 Å². The minimum Gasteiger partial charge on any atom is -0.435 e. The average molecular weight is 781 g/mol. The summed E-state index contributed by atoms with van der Waals surface area (Å²) >= 11 is 0. The molecular weight excluding hydrogens is 749 g/mol. The lowest BCUT2D eigenvalue weighted by Gasteiger charge is -2.13. The molecule has 9 aromatic carbocycles. The number of benzene rings is 9. The summed E-state index contributed by atoms with van der Waals surface area (Å²) in [6, 6.07) is 67.5. The second-order valence-corrected chi connectivity index (χ2v) is 15.4. The van der Waals surface area contributed by atoms with E-state index in [0.717, 1.165) is 71.5 Å². The first kappa shape index (κ1) is 33.5. The van der Waals surface area contributed by atoms with E-state index in [2.05, 4.69) is 155 Å². The lowest BCUT2D eigenvalue weighted by molar-refractivity contribution is 0.620. The van der Waals surface area contributed by atoms with E-state index < -0.39 is 0 Å². The van der Waals surface area contributed by atoms with Crippen molar-refractivity contribution in [2.45, 2.75) is 0 Å². The Labute approximate surface area is 348 Å². The zero-order valence-corrected chi connectivity index (χ0v) is 32.6. The minimum atomic E-state index is 0.488. The van der Waals surface area contributed by atoms with Crippen LogP contribution >= 0.6 is 0 Å². The van der Waals surface area contributed by atoms with E-state index in [4.69, 9.17) is 24.4 Å². The van der Waals surface area contributed by atoms with Gasteiger partial charge in [0.25, 0.3) is 0 Å². The summed E-state index contributed by atoms with van der Waals surface area (Å²) in [5, 5.41) is 9.22. The number of hydrogen-bond acceptors (Lipinski definition) is 5. The molecule has 0 fully saturated rings. The van der Waals surface area contributed by atoms with Gasteiger partial charge in [0, 0.05) is 38.4 Å². The molecular formula is C54H32N6O. The topological polar surface area (TPSA) is 74.6 Å². The van der Waals surface area contributed by atoms with E-state index in [1.165, 1.54) is 21.5 Å². The second-order valence-electron chi connectivity index (χ2n) is 15.4. The summed E-state index contributed by atoms with van der Waals surface area (Å²) in [5.41, 5.74) is 9.13. The standard InChI is InChI=1S/C54H32N6O/c1-3-15-34(16-4-1)53-55-45-23-13-22-44(50(45)61-53)52-56-51(36-28-29-39-35(32-36)27-26-33-14-7-8-19-38(33)39)57-54(58-52)60-47-25-12-10-21-41(47)43-31-30-42-40-20-9-11-24-46(40)59(48(42)49(43)60)37-17-5-2-6-18-37/h1-32H. The van der Waals surface area contributed by atoms with Crippen LogP contribution in [-0.2, 0) is 0 Å². The maximum absolute atomic E-state index is 6.59. The number of nitrogens with zero attached hydrogens (tertiary/aromatic N) is 6. The Morgan fingerprint density at radius 3 is 1.77 bits per heavy atom. The van der Waals surface area contributed by atoms with Crippen molar-refractivity contribution in [2.24, 2.45) is 0 Å². The van der Waals surface area contributed by atoms with E-state index in [-0.39, 0.29) is 0 Å². The van der Waals surface area contributed by atoms with Crippen molar-refractivity contribution in [1.82, 2.24) is 29.1 Å². The monoisotopic (exact) mass is 780 g/mol. The summed E-state index contributed by atoms with van der Waals surface area (Å²) < 4.78 is 11.2. The van der Waals surface area contributed by atoms with E-state index in [1.54, 1.807) is 0 Å². The molecule has 0 atom stereocenters. The fraction of sp³-hybridized carbons (Fsp3) is 0. The lowest BCUT2D eigenvalue weighted by Crippen LogP contribution is -2.07. The van der Waals surface area contributed by atoms with Gasteiger partial charge in [-0.3, -0.25) is 4.57 Å². The van der Waals surface area contributed by atoms with Crippen LogP contribution in [0.2, 0.25) is 0 Å². The van der Waals surface area contributed by atoms with Gasteiger partial charge in [-0.25, -0.2) is 9.97 Å². The van der Waals surface area contributed by atoms with E-state index >= 15 is 0 Å². The Morgan fingerprint density at radius 1 is 0.377 bits per heavy atom. The van der Waals surface area contributed by atoms with Crippen LogP contribution in [0.1, 0.15) is 0 Å². The molecule has 4 heterocycles. The zero-order chi connectivity index (χ0) is 40.0. The number of aromatic nitrogens is 6. The number of para-hydroxylation sites is 4. The molecule has 13 aromatic rings. The van der Waals surface area contributed by atoms with Crippen molar-refractivity contribution in [3.63, 3.8) is 0 Å². The molecule has 4 aromatic heterocycles. The zero-order valence-electron chi connectivity index (χ0n) is 32.6. The average Bonchev–Trinajstić information content (AvgIpc) is 4.02. The van der Waals surface area contributed by atoms with Crippen molar-refractivity contribution in [3.8, 4) is 45.9 Å². The Kier molecular flexibility index (Phi) is 7.17. The molecule has 0 unspecified atom stereocenters. The van der Waals surface area contributed by atoms with Crippen LogP contribution in [0, 0.1) is 0 Å². The van der Waals surface area contributed by atoms with Gasteiger partial charge in [0.05, 0.1) is 27.6 Å². The first-order valence-corrected chi connectivity index (χ1v) is 20.4. The molecule has 0 saturated carbocycles. The molecule has 0 amide bonds. The molecule has 0 aliphatic rings. The first-order valence-electron chi connectivity index (χ1n) is 20.4. The quantitative estimate of drug-likeness (QED) is 0.163. The molecule has 7 heteroatoms. The molecule has 0 saturated heterocycles. The highest BCUT2D eigenvalue weighted by atomic mass is 16.3. The maximum atomic E-state index is 6.59. The van der Waals surface area contributed by atoms with Crippen LogP contribution in [-0.4, -0.2) is 29.1 Å². The van der Waals surface area contributed by atoms with E-state index in [0.29, 0.717) is 29.1 Å². The normalized spacial score (nSPS) is 11.9. The van der Waals surface area contributed by atoms with Gasteiger partial charge in [0.2, 0.25) is 11.8 Å².